The van der Waals surface area contributed by atoms with Crippen molar-refractivity contribution in [2.75, 3.05) is 0 Å². The number of halogens is 1. The summed E-state index contributed by atoms with van der Waals surface area (Å²) in [4.78, 5) is 10.1. The SMILES string of the molecule is C#CCC(F)C(C)=O. The quantitative estimate of drug-likeness (QED) is 0.488. The molecular weight excluding hydrogens is 107 g/mol. The Labute approximate surface area is 47.9 Å². The number of rotatable bonds is 2. The highest BCUT2D eigenvalue weighted by Gasteiger charge is 2.08. The molecule has 0 rings (SSSR count). The molecule has 0 fully saturated rings. The first-order valence-corrected chi connectivity index (χ1v) is 2.26. The lowest BCUT2D eigenvalue weighted by Gasteiger charge is -1.93. The molecule has 0 spiro atoms. The average Bonchev–Trinajstić information content (AvgIpc) is 1.67. The minimum atomic E-state index is -1.46. The fourth-order valence-electron chi connectivity index (χ4n) is 0.247. The summed E-state index contributed by atoms with van der Waals surface area (Å²) in [5, 5.41) is 0. The molecule has 44 valence electrons. The third-order valence-corrected chi connectivity index (χ3v) is 0.738. The van der Waals surface area contributed by atoms with Gasteiger partial charge < -0.3 is 0 Å². The highest BCUT2D eigenvalue weighted by Crippen LogP contribution is 1.95. The minimum Gasteiger partial charge on any atom is -0.297 e. The van der Waals surface area contributed by atoms with Gasteiger partial charge in [0, 0.05) is 6.42 Å². The Morgan fingerprint density at radius 3 is 2.62 bits per heavy atom. The van der Waals surface area contributed by atoms with Gasteiger partial charge in [-0.25, -0.2) is 4.39 Å². The van der Waals surface area contributed by atoms with Crippen LogP contribution in [0, 0.1) is 12.3 Å². The zero-order valence-corrected chi connectivity index (χ0v) is 4.65. The van der Waals surface area contributed by atoms with Gasteiger partial charge in [0.15, 0.2) is 12.0 Å². The lowest BCUT2D eigenvalue weighted by Crippen LogP contribution is -2.09. The summed E-state index contributed by atoms with van der Waals surface area (Å²) < 4.78 is 12.0. The van der Waals surface area contributed by atoms with Crippen LogP contribution in [-0.2, 0) is 4.79 Å². The third kappa shape index (κ3) is 2.35. The fourth-order valence-corrected chi connectivity index (χ4v) is 0.247. The smallest absolute Gasteiger partial charge is 0.169 e. The van der Waals surface area contributed by atoms with Gasteiger partial charge in [-0.3, -0.25) is 4.79 Å². The van der Waals surface area contributed by atoms with Crippen LogP contribution in [0.1, 0.15) is 13.3 Å². The van der Waals surface area contributed by atoms with Crippen LogP contribution in [0.4, 0.5) is 4.39 Å². The van der Waals surface area contributed by atoms with E-state index in [4.69, 9.17) is 6.42 Å². The monoisotopic (exact) mass is 114 g/mol. The van der Waals surface area contributed by atoms with Gasteiger partial charge in [0.25, 0.3) is 0 Å². The number of carbonyl (C=O) groups excluding carboxylic acids is 1. The van der Waals surface area contributed by atoms with E-state index >= 15 is 0 Å². The molecule has 8 heavy (non-hydrogen) atoms. The van der Waals surface area contributed by atoms with Crippen molar-refractivity contribution in [3.05, 3.63) is 0 Å². The Bertz CT molecular complexity index is 123. The molecule has 0 aromatic heterocycles. The van der Waals surface area contributed by atoms with E-state index in [0.717, 1.165) is 0 Å². The van der Waals surface area contributed by atoms with E-state index in [2.05, 4.69) is 5.92 Å². The van der Waals surface area contributed by atoms with Crippen molar-refractivity contribution in [2.24, 2.45) is 0 Å². The van der Waals surface area contributed by atoms with Crippen molar-refractivity contribution in [2.45, 2.75) is 19.5 Å². The van der Waals surface area contributed by atoms with Crippen LogP contribution < -0.4 is 0 Å². The first kappa shape index (κ1) is 7.16. The summed E-state index contributed by atoms with van der Waals surface area (Å²) in [5.41, 5.74) is 0. The lowest BCUT2D eigenvalue weighted by molar-refractivity contribution is -0.121. The molecule has 1 unspecified atom stereocenters. The Morgan fingerprint density at radius 2 is 2.50 bits per heavy atom. The molecule has 1 nitrogen and oxygen atoms in total. The maximum atomic E-state index is 12.0. The highest BCUT2D eigenvalue weighted by atomic mass is 19.1. The van der Waals surface area contributed by atoms with Crippen LogP contribution >= 0.6 is 0 Å². The second kappa shape index (κ2) is 3.20. The summed E-state index contributed by atoms with van der Waals surface area (Å²) in [6, 6.07) is 0. The molecule has 2 heteroatoms. The normalized spacial score (nSPS) is 12.1. The van der Waals surface area contributed by atoms with Crippen molar-refractivity contribution < 1.29 is 9.18 Å². The fraction of sp³-hybridized carbons (Fsp3) is 0.500. The number of ketones is 1. The van der Waals surface area contributed by atoms with E-state index in [1.807, 2.05) is 0 Å². The van der Waals surface area contributed by atoms with Gasteiger partial charge in [-0.15, -0.1) is 12.3 Å². The molecule has 0 aliphatic heterocycles. The van der Waals surface area contributed by atoms with E-state index in [1.165, 1.54) is 6.92 Å². The molecule has 0 amide bonds. The predicted octanol–water partition coefficient (Wildman–Crippen LogP) is 0.937. The van der Waals surface area contributed by atoms with Gasteiger partial charge in [-0.2, -0.15) is 0 Å². The number of carbonyl (C=O) groups is 1. The molecule has 0 N–H and O–H groups in total. The van der Waals surface area contributed by atoms with Crippen molar-refractivity contribution in [3.63, 3.8) is 0 Å². The molecule has 0 bridgehead atoms. The number of terminal acetylenes is 1. The summed E-state index contributed by atoms with van der Waals surface area (Å²) in [7, 11) is 0. The maximum absolute atomic E-state index is 12.0. The van der Waals surface area contributed by atoms with Crippen LogP contribution in [0.25, 0.3) is 0 Å². The molecule has 0 aliphatic rings. The second-order valence-corrected chi connectivity index (χ2v) is 1.49. The molecule has 0 aromatic carbocycles. The van der Waals surface area contributed by atoms with Gasteiger partial charge >= 0.3 is 0 Å². The van der Waals surface area contributed by atoms with Gasteiger partial charge in [0.05, 0.1) is 0 Å². The molecule has 0 heterocycles. The van der Waals surface area contributed by atoms with Gasteiger partial charge in [0.2, 0.25) is 0 Å². The largest absolute Gasteiger partial charge is 0.297 e. The number of hydrogen-bond acceptors (Lipinski definition) is 1. The molecule has 0 aromatic rings. The number of Topliss-reactive ketones (excluding diaryl/α,β-unsaturated/α-hetero) is 1. The number of hydrogen-bond donors (Lipinski definition) is 0. The van der Waals surface area contributed by atoms with E-state index < -0.39 is 12.0 Å². The zero-order chi connectivity index (χ0) is 6.57. The van der Waals surface area contributed by atoms with Crippen molar-refractivity contribution in [3.8, 4) is 12.3 Å². The van der Waals surface area contributed by atoms with E-state index in [1.54, 1.807) is 0 Å². The van der Waals surface area contributed by atoms with Crippen LogP contribution in [0.15, 0.2) is 0 Å². The highest BCUT2D eigenvalue weighted by molar-refractivity contribution is 5.80. The Kier molecular flexibility index (Phi) is 2.86. The van der Waals surface area contributed by atoms with Gasteiger partial charge in [0.1, 0.15) is 0 Å². The summed E-state index contributed by atoms with van der Waals surface area (Å²) in [6.07, 6.45) is 3.16. The minimum absolute atomic E-state index is 0.102. The second-order valence-electron chi connectivity index (χ2n) is 1.49. The van der Waals surface area contributed by atoms with Crippen LogP contribution in [0.2, 0.25) is 0 Å². The lowest BCUT2D eigenvalue weighted by atomic mass is 10.2. The van der Waals surface area contributed by atoms with E-state index in [0.29, 0.717) is 0 Å². The molecule has 0 radical (unpaired) electrons. The third-order valence-electron chi connectivity index (χ3n) is 0.738. The molecule has 0 aliphatic carbocycles. The standard InChI is InChI=1S/C6H7FO/c1-3-4-6(7)5(2)8/h1,6H,4H2,2H3. The van der Waals surface area contributed by atoms with Crippen LogP contribution in [0.3, 0.4) is 0 Å². The van der Waals surface area contributed by atoms with Crippen molar-refractivity contribution in [1.29, 1.82) is 0 Å². The van der Waals surface area contributed by atoms with Crippen molar-refractivity contribution >= 4 is 5.78 Å². The summed E-state index contributed by atoms with van der Waals surface area (Å²) >= 11 is 0. The molecule has 0 saturated carbocycles. The van der Waals surface area contributed by atoms with Crippen LogP contribution in [-0.4, -0.2) is 12.0 Å². The summed E-state index contributed by atoms with van der Waals surface area (Å²) in [6.45, 7) is 1.18. The first-order chi connectivity index (χ1) is 3.68. The Balaban J connectivity index is 3.52. The van der Waals surface area contributed by atoms with Crippen LogP contribution in [0.5, 0.6) is 0 Å². The molecule has 1 atom stereocenters. The maximum Gasteiger partial charge on any atom is 0.169 e. The predicted molar refractivity (Wildman–Crippen MR) is 29.0 cm³/mol. The van der Waals surface area contributed by atoms with E-state index in [9.17, 15) is 9.18 Å². The first-order valence-electron chi connectivity index (χ1n) is 2.26. The molecule has 0 saturated heterocycles. The Hall–Kier alpha value is -0.840. The zero-order valence-electron chi connectivity index (χ0n) is 4.65. The summed E-state index contributed by atoms with van der Waals surface area (Å²) in [5.74, 6) is 1.56. The van der Waals surface area contributed by atoms with Crippen molar-refractivity contribution in [1.82, 2.24) is 0 Å². The van der Waals surface area contributed by atoms with Gasteiger partial charge in [-0.05, 0) is 6.92 Å². The Morgan fingerprint density at radius 1 is 2.00 bits per heavy atom. The average molecular weight is 114 g/mol. The number of alkyl halides is 1. The van der Waals surface area contributed by atoms with Gasteiger partial charge in [-0.1, -0.05) is 0 Å². The topological polar surface area (TPSA) is 17.1 Å². The van der Waals surface area contributed by atoms with E-state index in [-0.39, 0.29) is 6.42 Å². The molecular formula is C6H7FO.